The number of carbonyl (C=O) groups excluding carboxylic acids is 3. The molecule has 3 aromatic carbocycles. The van der Waals surface area contributed by atoms with Crippen molar-refractivity contribution in [3.63, 3.8) is 0 Å². The number of amides is 3. The van der Waals surface area contributed by atoms with Gasteiger partial charge in [-0.05, 0) is 61.1 Å². The molecule has 2 aliphatic carbocycles. The Hall–Kier alpha value is -5.76. The van der Waals surface area contributed by atoms with E-state index in [0.29, 0.717) is 28.4 Å². The van der Waals surface area contributed by atoms with Crippen LogP contribution in [0.1, 0.15) is 57.6 Å². The molecule has 0 spiro atoms. The van der Waals surface area contributed by atoms with Gasteiger partial charge in [0.2, 0.25) is 27.7 Å². The molecule has 338 valence electrons. The van der Waals surface area contributed by atoms with Crippen LogP contribution in [0.15, 0.2) is 85.5 Å². The maximum absolute atomic E-state index is 14.9. The maximum Gasteiger partial charge on any atom is 0.416 e. The van der Waals surface area contributed by atoms with Crippen molar-refractivity contribution >= 4 is 65.1 Å². The average molecular weight is 929 g/mol. The Morgan fingerprint density at radius 2 is 1.62 bits per heavy atom. The van der Waals surface area contributed by atoms with E-state index in [1.165, 1.54) is 46.6 Å². The number of anilines is 1. The van der Waals surface area contributed by atoms with Gasteiger partial charge in [0.15, 0.2) is 5.82 Å². The maximum atomic E-state index is 14.9. The van der Waals surface area contributed by atoms with Crippen LogP contribution < -0.4 is 20.1 Å². The van der Waals surface area contributed by atoms with Crippen molar-refractivity contribution in [2.75, 3.05) is 11.9 Å². The number of thiophene rings is 1. The number of benzene rings is 3. The van der Waals surface area contributed by atoms with Crippen LogP contribution in [0.3, 0.4) is 0 Å². The molecule has 0 unspecified atom stereocenters. The van der Waals surface area contributed by atoms with Crippen LogP contribution in [0, 0.1) is 11.3 Å². The molecule has 3 aliphatic rings. The van der Waals surface area contributed by atoms with Crippen LogP contribution in [-0.2, 0) is 36.8 Å². The van der Waals surface area contributed by atoms with E-state index in [1.54, 1.807) is 26.8 Å². The topological polar surface area (TPSA) is 160 Å². The minimum Gasteiger partial charge on any atom is -0.471 e. The summed E-state index contributed by atoms with van der Waals surface area (Å²) in [6, 6.07) is 13.3. The quantitative estimate of drug-likeness (QED) is 0.0831. The molecule has 3 amide bonds. The summed E-state index contributed by atoms with van der Waals surface area (Å²) in [6.45, 7) is 8.55. The number of aromatic nitrogens is 2. The number of hydrogen-bond donors (Lipinski definition) is 3. The van der Waals surface area contributed by atoms with Gasteiger partial charge in [0.1, 0.15) is 28.4 Å². The molecule has 3 fully saturated rings. The molecule has 1 aliphatic heterocycles. The first kappa shape index (κ1) is 44.8. The summed E-state index contributed by atoms with van der Waals surface area (Å²) in [5.74, 6) is -3.07. The van der Waals surface area contributed by atoms with E-state index in [0.717, 1.165) is 29.0 Å². The fourth-order valence-corrected chi connectivity index (χ4v) is 10.3. The van der Waals surface area contributed by atoms with Gasteiger partial charge in [0.25, 0.3) is 5.91 Å². The van der Waals surface area contributed by atoms with Gasteiger partial charge < -0.3 is 20.3 Å². The number of nitrogens with zero attached hydrogens (tertiary/aromatic N) is 3. The SMILES string of the molecule is C=C[C@@H]1C[C@]1(NC(=O)[C@@H]1C[C@@H](Oc2nc(-c3ccc(C(F)(F)F)cc3)nc3c2sc2ccccc23)CN1C(=O)[C@@H](Nc1cccc(C(F)(F)F)c1)C(C)(C)C)C(=O)NS(=O)(=O)C1CC1. The third kappa shape index (κ3) is 8.85. The molecule has 2 aromatic heterocycles. The number of hydrogen-bond acceptors (Lipinski definition) is 10. The summed E-state index contributed by atoms with van der Waals surface area (Å²) < 4.78 is 117. The van der Waals surface area contributed by atoms with Crippen LogP contribution in [0.2, 0.25) is 0 Å². The number of ether oxygens (including phenoxy) is 1. The van der Waals surface area contributed by atoms with Crippen LogP contribution in [-0.4, -0.2) is 76.5 Å². The minimum absolute atomic E-state index is 0.0145. The third-order valence-electron chi connectivity index (χ3n) is 11.6. The molecule has 2 saturated carbocycles. The van der Waals surface area contributed by atoms with Crippen molar-refractivity contribution < 1.29 is 53.9 Å². The van der Waals surface area contributed by atoms with Gasteiger partial charge in [-0.3, -0.25) is 19.1 Å². The van der Waals surface area contributed by atoms with Crippen molar-refractivity contribution in [3.8, 4) is 17.3 Å². The van der Waals surface area contributed by atoms with Crippen molar-refractivity contribution in [2.45, 2.75) is 87.8 Å². The molecular weight excluding hydrogens is 887 g/mol. The molecule has 1 saturated heterocycles. The highest BCUT2D eigenvalue weighted by Gasteiger charge is 2.62. The predicted octanol–water partition coefficient (Wildman–Crippen LogP) is 8.09. The zero-order valence-electron chi connectivity index (χ0n) is 34.5. The van der Waals surface area contributed by atoms with Gasteiger partial charge in [0.05, 0.1) is 28.4 Å². The van der Waals surface area contributed by atoms with E-state index in [4.69, 9.17) is 9.72 Å². The van der Waals surface area contributed by atoms with Crippen molar-refractivity contribution in [1.82, 2.24) is 24.9 Å². The Bertz CT molecular complexity index is 2790. The number of rotatable bonds is 12. The highest BCUT2D eigenvalue weighted by molar-refractivity contribution is 7.91. The second kappa shape index (κ2) is 16.0. The highest BCUT2D eigenvalue weighted by Crippen LogP contribution is 2.46. The Balaban J connectivity index is 1.16. The van der Waals surface area contributed by atoms with Gasteiger partial charge in [0, 0.05) is 33.7 Å². The third-order valence-corrected chi connectivity index (χ3v) is 14.6. The lowest BCUT2D eigenvalue weighted by Crippen LogP contribution is -2.58. The molecule has 0 bridgehead atoms. The van der Waals surface area contributed by atoms with Crippen LogP contribution in [0.5, 0.6) is 5.88 Å². The van der Waals surface area contributed by atoms with Gasteiger partial charge >= 0.3 is 12.4 Å². The molecule has 3 N–H and O–H groups in total. The smallest absolute Gasteiger partial charge is 0.416 e. The van der Waals surface area contributed by atoms with Crippen molar-refractivity contribution in [3.05, 3.63) is 96.6 Å². The second-order valence-corrected chi connectivity index (χ2v) is 20.4. The summed E-state index contributed by atoms with van der Waals surface area (Å²) in [5.41, 5.74) is -3.83. The van der Waals surface area contributed by atoms with Crippen molar-refractivity contribution in [1.29, 1.82) is 0 Å². The summed E-state index contributed by atoms with van der Waals surface area (Å²) >= 11 is 1.29. The lowest BCUT2D eigenvalue weighted by Gasteiger charge is -2.36. The highest BCUT2D eigenvalue weighted by atomic mass is 32.2. The molecule has 64 heavy (non-hydrogen) atoms. The number of fused-ring (bicyclic) bond motifs is 3. The number of alkyl halides is 6. The van der Waals surface area contributed by atoms with Gasteiger partial charge in [-0.1, -0.05) is 63.2 Å². The molecule has 3 heterocycles. The molecule has 0 radical (unpaired) electrons. The van der Waals surface area contributed by atoms with Crippen LogP contribution in [0.4, 0.5) is 32.0 Å². The Kier molecular flexibility index (Phi) is 11.2. The zero-order valence-corrected chi connectivity index (χ0v) is 36.1. The van der Waals surface area contributed by atoms with E-state index in [9.17, 15) is 49.1 Å². The number of sulfonamides is 1. The van der Waals surface area contributed by atoms with Crippen LogP contribution in [0.25, 0.3) is 31.7 Å². The molecule has 8 rings (SSSR count). The first-order valence-electron chi connectivity index (χ1n) is 20.3. The number of nitrogens with one attached hydrogen (secondary N) is 3. The number of carbonyl (C=O) groups is 3. The fourth-order valence-electron chi connectivity index (χ4n) is 7.90. The average Bonchev–Trinajstić information content (AvgIpc) is 4.14. The van der Waals surface area contributed by atoms with E-state index in [-0.39, 0.29) is 42.3 Å². The largest absolute Gasteiger partial charge is 0.471 e. The Morgan fingerprint density at radius 1 is 0.938 bits per heavy atom. The first-order valence-corrected chi connectivity index (χ1v) is 22.6. The summed E-state index contributed by atoms with van der Waals surface area (Å²) in [5, 5.41) is 5.65. The summed E-state index contributed by atoms with van der Waals surface area (Å²) in [4.78, 5) is 53.7. The van der Waals surface area contributed by atoms with E-state index < -0.39 is 91.5 Å². The monoisotopic (exact) mass is 928 g/mol. The van der Waals surface area contributed by atoms with Crippen molar-refractivity contribution in [2.24, 2.45) is 11.3 Å². The zero-order chi connectivity index (χ0) is 46.1. The van der Waals surface area contributed by atoms with E-state index >= 15 is 0 Å². The Labute approximate surface area is 367 Å². The molecule has 20 heteroatoms. The van der Waals surface area contributed by atoms with E-state index in [2.05, 4.69) is 26.9 Å². The predicted molar refractivity (Wildman–Crippen MR) is 227 cm³/mol. The Morgan fingerprint density at radius 3 is 2.25 bits per heavy atom. The van der Waals surface area contributed by atoms with Gasteiger partial charge in [-0.15, -0.1) is 17.9 Å². The van der Waals surface area contributed by atoms with Gasteiger partial charge in [-0.25, -0.2) is 13.4 Å². The molecular formula is C44H42F6N6O6S2. The van der Waals surface area contributed by atoms with Crippen LogP contribution >= 0.6 is 11.3 Å². The molecule has 5 atom stereocenters. The number of halogens is 6. The molecule has 5 aromatic rings. The fraction of sp³-hybridized carbons (Fsp3) is 0.386. The summed E-state index contributed by atoms with van der Waals surface area (Å²) in [6.07, 6.45) is -8.26. The summed E-state index contributed by atoms with van der Waals surface area (Å²) in [7, 11) is -4.02. The standard InChI is InChI=1S/C44H42F6N6O6S2/c1-5-24-21-42(24,40(59)55-64(60,61)29-17-18-29)54-37(57)31-20-28(22-56(31)39(58)35(41(2,3)4)51-27-10-8-9-26(19-27)44(48,49)50)62-38-34-33(30-11-6-7-12-32(30)63-34)52-36(53-38)23-13-15-25(16-14-23)43(45,46)47/h5-16,19,24,28-29,31,35,51H,1,17-18,20-22H2,2-4H3,(H,54,57)(H,55,59)/t24-,28-,31+,35-,42-/m1/s1. The van der Waals surface area contributed by atoms with E-state index in [1.807, 2.05) is 18.2 Å². The van der Waals surface area contributed by atoms with Gasteiger partial charge in [-0.2, -0.15) is 31.3 Å². The first-order chi connectivity index (χ1) is 30.0. The lowest BCUT2D eigenvalue weighted by molar-refractivity contribution is -0.141. The normalized spacial score (nSPS) is 22.0. The lowest BCUT2D eigenvalue weighted by atomic mass is 9.85. The minimum atomic E-state index is -4.68. The second-order valence-electron chi connectivity index (χ2n) is 17.4. The number of likely N-dealkylation sites (tertiary alicyclic amines) is 1. The molecule has 12 nitrogen and oxygen atoms in total.